The Balaban J connectivity index is 1.28. The predicted octanol–water partition coefficient (Wildman–Crippen LogP) is 6.20. The van der Waals surface area contributed by atoms with Gasteiger partial charge in [-0.25, -0.2) is 0 Å². The van der Waals surface area contributed by atoms with Gasteiger partial charge in [0.2, 0.25) is 0 Å². The molecule has 0 bridgehead atoms. The number of amides is 1. The second-order valence-corrected chi connectivity index (χ2v) is 11.8. The average Bonchev–Trinajstić information content (AvgIpc) is 3.32. The van der Waals surface area contributed by atoms with Crippen molar-refractivity contribution in [3.05, 3.63) is 82.3 Å². The number of hydrogen-bond donors (Lipinski definition) is 1. The maximum Gasteiger partial charge on any atom is 0.289 e. The fourth-order valence-electron chi connectivity index (χ4n) is 5.72. The van der Waals surface area contributed by atoms with Gasteiger partial charge in [-0.3, -0.25) is 4.79 Å². The highest BCUT2D eigenvalue weighted by atomic mass is 16.4. The van der Waals surface area contributed by atoms with Crippen LogP contribution in [0.15, 0.2) is 52.9 Å². The van der Waals surface area contributed by atoms with Crippen LogP contribution >= 0.6 is 0 Å². The van der Waals surface area contributed by atoms with Crippen LogP contribution in [0.4, 0.5) is 5.69 Å². The highest BCUT2D eigenvalue weighted by Gasteiger charge is 2.37. The molecule has 2 aliphatic rings. The molecule has 5 rings (SSSR count). The average molecular weight is 487 g/mol. The smallest absolute Gasteiger partial charge is 0.289 e. The third-order valence-corrected chi connectivity index (χ3v) is 8.33. The molecule has 3 aromatic rings. The standard InChI is InChI=1S/C31H38N2O3/c1-21-18-26-27(31(4,5)13-12-30(26,2)3)20-22(21)19-25-10-11-28(36-25)29(35)33-16-14-32(15-17-33)23-6-8-24(34)9-7-23/h6-11,18,20,34H,12-17,19H2,1-5H3. The first kappa shape index (κ1) is 24.5. The Kier molecular flexibility index (Phi) is 6.14. The van der Waals surface area contributed by atoms with Crippen molar-refractivity contribution < 1.29 is 14.3 Å². The van der Waals surface area contributed by atoms with Crippen molar-refractivity contribution in [1.29, 1.82) is 0 Å². The lowest BCUT2D eigenvalue weighted by atomic mass is 9.62. The SMILES string of the molecule is Cc1cc2c(cc1Cc1ccc(C(=O)N3CCN(c4ccc(O)cc4)CC3)o1)C(C)(C)CCC2(C)C. The summed E-state index contributed by atoms with van der Waals surface area (Å²) in [7, 11) is 0. The van der Waals surface area contributed by atoms with E-state index in [1.165, 1.54) is 35.1 Å². The number of carbonyl (C=O) groups excluding carboxylic acids is 1. The molecule has 5 heteroatoms. The molecule has 2 heterocycles. The summed E-state index contributed by atoms with van der Waals surface area (Å²) < 4.78 is 6.09. The Morgan fingerprint density at radius 3 is 2.14 bits per heavy atom. The van der Waals surface area contributed by atoms with E-state index in [9.17, 15) is 9.90 Å². The highest BCUT2D eigenvalue weighted by molar-refractivity contribution is 5.91. The second-order valence-electron chi connectivity index (χ2n) is 11.8. The first-order valence-electron chi connectivity index (χ1n) is 13.1. The van der Waals surface area contributed by atoms with E-state index in [0.29, 0.717) is 25.3 Å². The number of nitrogens with zero attached hydrogens (tertiary/aromatic N) is 2. The zero-order valence-electron chi connectivity index (χ0n) is 22.2. The third-order valence-electron chi connectivity index (χ3n) is 8.33. The summed E-state index contributed by atoms with van der Waals surface area (Å²) in [6.07, 6.45) is 3.09. The fourth-order valence-corrected chi connectivity index (χ4v) is 5.72. The molecule has 1 saturated heterocycles. The van der Waals surface area contributed by atoms with Crippen LogP contribution in [-0.4, -0.2) is 42.1 Å². The van der Waals surface area contributed by atoms with Gasteiger partial charge in [0.25, 0.3) is 5.91 Å². The van der Waals surface area contributed by atoms with Gasteiger partial charge in [0.05, 0.1) is 0 Å². The highest BCUT2D eigenvalue weighted by Crippen LogP contribution is 2.46. The molecule has 2 aromatic carbocycles. The molecule has 1 aliphatic carbocycles. The molecule has 0 unspecified atom stereocenters. The minimum atomic E-state index is -0.0448. The molecule has 0 atom stereocenters. The number of aromatic hydroxyl groups is 1. The van der Waals surface area contributed by atoms with Gasteiger partial charge in [-0.05, 0) is 89.2 Å². The number of rotatable bonds is 4. The maximum atomic E-state index is 13.1. The lowest BCUT2D eigenvalue weighted by Gasteiger charge is -2.42. The lowest BCUT2D eigenvalue weighted by molar-refractivity contribution is 0.0713. The first-order chi connectivity index (χ1) is 17.0. The van der Waals surface area contributed by atoms with Crippen LogP contribution in [0, 0.1) is 6.92 Å². The number of phenolic OH excluding ortho intramolecular Hbond substituents is 1. The van der Waals surface area contributed by atoms with Crippen molar-refractivity contribution >= 4 is 11.6 Å². The Labute approximate surface area is 214 Å². The summed E-state index contributed by atoms with van der Waals surface area (Å²) in [4.78, 5) is 17.3. The van der Waals surface area contributed by atoms with Crippen LogP contribution in [0.2, 0.25) is 0 Å². The second kappa shape index (κ2) is 9.02. The number of fused-ring (bicyclic) bond motifs is 1. The van der Waals surface area contributed by atoms with Crippen molar-refractivity contribution in [2.24, 2.45) is 0 Å². The van der Waals surface area contributed by atoms with Gasteiger partial charge in [0.15, 0.2) is 5.76 Å². The summed E-state index contributed by atoms with van der Waals surface area (Å²) >= 11 is 0. The number of hydrogen-bond acceptors (Lipinski definition) is 4. The van der Waals surface area contributed by atoms with E-state index in [4.69, 9.17) is 4.42 Å². The van der Waals surface area contributed by atoms with Gasteiger partial charge in [-0.1, -0.05) is 39.8 Å². The summed E-state index contributed by atoms with van der Waals surface area (Å²) in [6, 6.07) is 15.8. The van der Waals surface area contributed by atoms with Crippen molar-refractivity contribution in [2.75, 3.05) is 31.1 Å². The molecule has 1 fully saturated rings. The Morgan fingerprint density at radius 1 is 0.889 bits per heavy atom. The molecule has 0 saturated carbocycles. The van der Waals surface area contributed by atoms with E-state index in [0.717, 1.165) is 24.5 Å². The lowest BCUT2D eigenvalue weighted by Crippen LogP contribution is -2.48. The monoisotopic (exact) mass is 486 g/mol. The van der Waals surface area contributed by atoms with Crippen LogP contribution in [0.3, 0.4) is 0 Å². The molecular formula is C31H38N2O3. The van der Waals surface area contributed by atoms with Crippen molar-refractivity contribution in [3.63, 3.8) is 0 Å². The molecule has 1 amide bonds. The van der Waals surface area contributed by atoms with Gasteiger partial charge in [0, 0.05) is 38.3 Å². The fraction of sp³-hybridized carbons (Fsp3) is 0.452. The van der Waals surface area contributed by atoms with E-state index >= 15 is 0 Å². The number of furan rings is 1. The number of carbonyl (C=O) groups is 1. The zero-order valence-corrected chi connectivity index (χ0v) is 22.2. The quantitative estimate of drug-likeness (QED) is 0.477. The number of phenols is 1. The van der Waals surface area contributed by atoms with E-state index < -0.39 is 0 Å². The number of anilines is 1. The summed E-state index contributed by atoms with van der Waals surface area (Å²) in [5.74, 6) is 1.47. The number of benzene rings is 2. The van der Waals surface area contributed by atoms with E-state index in [1.807, 2.05) is 29.2 Å². The molecular weight excluding hydrogens is 448 g/mol. The van der Waals surface area contributed by atoms with Crippen LogP contribution in [0.5, 0.6) is 5.75 Å². The molecule has 0 spiro atoms. The zero-order chi connectivity index (χ0) is 25.7. The largest absolute Gasteiger partial charge is 0.508 e. The summed E-state index contributed by atoms with van der Waals surface area (Å²) in [5, 5.41) is 9.52. The minimum Gasteiger partial charge on any atom is -0.508 e. The van der Waals surface area contributed by atoms with E-state index in [2.05, 4.69) is 51.7 Å². The summed E-state index contributed by atoms with van der Waals surface area (Å²) in [5.41, 5.74) is 6.91. The van der Waals surface area contributed by atoms with Crippen LogP contribution < -0.4 is 4.90 Å². The molecule has 1 aromatic heterocycles. The molecule has 0 radical (unpaired) electrons. The molecule has 5 nitrogen and oxygen atoms in total. The maximum absolute atomic E-state index is 13.1. The Bertz CT molecular complexity index is 1260. The van der Waals surface area contributed by atoms with Crippen LogP contribution in [0.25, 0.3) is 0 Å². The predicted molar refractivity (Wildman–Crippen MR) is 144 cm³/mol. The van der Waals surface area contributed by atoms with Crippen molar-refractivity contribution in [1.82, 2.24) is 4.90 Å². The Hall–Kier alpha value is -3.21. The van der Waals surface area contributed by atoms with E-state index in [1.54, 1.807) is 12.1 Å². The Morgan fingerprint density at radius 2 is 1.50 bits per heavy atom. The van der Waals surface area contributed by atoms with Gasteiger partial charge in [-0.15, -0.1) is 0 Å². The molecule has 1 aliphatic heterocycles. The van der Waals surface area contributed by atoms with E-state index in [-0.39, 0.29) is 22.5 Å². The minimum absolute atomic E-state index is 0.0448. The molecule has 1 N–H and O–H groups in total. The van der Waals surface area contributed by atoms with Gasteiger partial charge in [0.1, 0.15) is 11.5 Å². The van der Waals surface area contributed by atoms with Gasteiger partial charge in [-0.2, -0.15) is 0 Å². The molecule has 36 heavy (non-hydrogen) atoms. The number of piperazine rings is 1. The van der Waals surface area contributed by atoms with Crippen molar-refractivity contribution in [3.8, 4) is 5.75 Å². The van der Waals surface area contributed by atoms with Crippen LogP contribution in [0.1, 0.15) is 79.1 Å². The third kappa shape index (κ3) is 4.63. The normalized spacial score (nSPS) is 18.7. The summed E-state index contributed by atoms with van der Waals surface area (Å²) in [6.45, 7) is 14.4. The van der Waals surface area contributed by atoms with Gasteiger partial charge < -0.3 is 19.3 Å². The number of aryl methyl sites for hydroxylation is 1. The topological polar surface area (TPSA) is 56.9 Å². The van der Waals surface area contributed by atoms with Gasteiger partial charge >= 0.3 is 0 Å². The first-order valence-corrected chi connectivity index (χ1v) is 13.1. The van der Waals surface area contributed by atoms with Crippen molar-refractivity contribution in [2.45, 2.75) is 64.7 Å². The molecule has 190 valence electrons. The van der Waals surface area contributed by atoms with Crippen LogP contribution in [-0.2, 0) is 17.3 Å².